The standard InChI is InChI=1S/C31H50N2O5/c1-18(2)26(32-28(36)37-29(4,5)6)27(35)38-33-19(3)23-11-12-24-22-10-9-20-17-21(34)13-15-30(20,7)25(22)14-16-31(23,24)8/h17-18,22-27,35H,9-16H2,1-8H3,(H,32,36)/b33-19+/t22-,23+,24-,25-,26-,27?,30-,31+/m0/s1. The highest BCUT2D eigenvalue weighted by molar-refractivity contribution is 5.91. The zero-order valence-corrected chi connectivity index (χ0v) is 24.8. The van der Waals surface area contributed by atoms with Crippen LogP contribution in [0.1, 0.15) is 107 Å². The highest BCUT2D eigenvalue weighted by Crippen LogP contribution is 2.66. The van der Waals surface area contributed by atoms with Crippen molar-refractivity contribution in [3.63, 3.8) is 0 Å². The number of ether oxygens (including phenoxy) is 1. The maximum atomic E-state index is 12.3. The number of nitrogens with zero attached hydrogens (tertiary/aromatic N) is 1. The molecular formula is C31H50N2O5. The lowest BCUT2D eigenvalue weighted by Crippen LogP contribution is -2.51. The molecule has 0 aromatic heterocycles. The predicted octanol–water partition coefficient (Wildman–Crippen LogP) is 6.39. The third-order valence-electron chi connectivity index (χ3n) is 10.5. The van der Waals surface area contributed by atoms with Crippen LogP contribution in [0, 0.1) is 40.4 Å². The van der Waals surface area contributed by atoms with Crippen LogP contribution in [0.3, 0.4) is 0 Å². The van der Waals surface area contributed by atoms with Crippen molar-refractivity contribution in [2.45, 2.75) is 125 Å². The third kappa shape index (κ3) is 5.55. The van der Waals surface area contributed by atoms with Crippen LogP contribution < -0.4 is 5.32 Å². The van der Waals surface area contributed by atoms with E-state index < -0.39 is 24.0 Å². The Balaban J connectivity index is 1.43. The molecule has 7 nitrogen and oxygen atoms in total. The number of carbonyl (C=O) groups excluding carboxylic acids is 2. The largest absolute Gasteiger partial charge is 0.444 e. The fourth-order valence-corrected chi connectivity index (χ4v) is 8.52. The predicted molar refractivity (Wildman–Crippen MR) is 148 cm³/mol. The molecule has 0 heterocycles. The van der Waals surface area contributed by atoms with E-state index in [0.717, 1.165) is 31.4 Å². The van der Waals surface area contributed by atoms with Gasteiger partial charge in [0.05, 0.1) is 11.8 Å². The van der Waals surface area contributed by atoms with E-state index in [9.17, 15) is 14.7 Å². The van der Waals surface area contributed by atoms with Gasteiger partial charge in [-0.05, 0) is 113 Å². The average molecular weight is 531 g/mol. The van der Waals surface area contributed by atoms with Crippen LogP contribution in [-0.4, -0.2) is 40.6 Å². The van der Waals surface area contributed by atoms with Gasteiger partial charge in [-0.15, -0.1) is 0 Å². The Hall–Kier alpha value is -1.89. The number of aliphatic hydroxyl groups is 1. The lowest BCUT2D eigenvalue weighted by Gasteiger charge is -2.58. The summed E-state index contributed by atoms with van der Waals surface area (Å²) in [6, 6.07) is -0.642. The van der Waals surface area contributed by atoms with Gasteiger partial charge in [0.1, 0.15) is 5.60 Å². The van der Waals surface area contributed by atoms with Crippen molar-refractivity contribution in [2.24, 2.45) is 45.6 Å². The van der Waals surface area contributed by atoms with Gasteiger partial charge in [0, 0.05) is 12.3 Å². The number of hydrogen-bond donors (Lipinski definition) is 2. The number of hydrogen-bond acceptors (Lipinski definition) is 6. The monoisotopic (exact) mass is 530 g/mol. The molecule has 214 valence electrons. The second kappa shape index (κ2) is 10.6. The van der Waals surface area contributed by atoms with Gasteiger partial charge >= 0.3 is 6.09 Å². The number of ketones is 1. The number of rotatable bonds is 6. The highest BCUT2D eigenvalue weighted by Gasteiger charge is 2.59. The van der Waals surface area contributed by atoms with E-state index in [1.807, 2.05) is 26.8 Å². The minimum atomic E-state index is -1.27. The fourth-order valence-electron chi connectivity index (χ4n) is 8.52. The van der Waals surface area contributed by atoms with Gasteiger partial charge in [-0.3, -0.25) is 4.79 Å². The Morgan fingerprint density at radius 3 is 2.47 bits per heavy atom. The Morgan fingerprint density at radius 1 is 1.11 bits per heavy atom. The number of alkyl carbamates (subject to hydrolysis) is 1. The number of aliphatic hydroxyl groups excluding tert-OH is 1. The van der Waals surface area contributed by atoms with Gasteiger partial charge in [-0.2, -0.15) is 0 Å². The minimum absolute atomic E-state index is 0.0710. The van der Waals surface area contributed by atoms with E-state index in [2.05, 4.69) is 24.3 Å². The van der Waals surface area contributed by atoms with Gasteiger partial charge in [-0.1, -0.05) is 38.4 Å². The van der Waals surface area contributed by atoms with Crippen molar-refractivity contribution in [1.82, 2.24) is 5.32 Å². The molecule has 0 bridgehead atoms. The smallest absolute Gasteiger partial charge is 0.408 e. The maximum absolute atomic E-state index is 12.3. The van der Waals surface area contributed by atoms with Crippen molar-refractivity contribution >= 4 is 17.6 Å². The molecule has 0 aromatic rings. The molecular weight excluding hydrogens is 480 g/mol. The Kier molecular flexibility index (Phi) is 8.11. The summed E-state index contributed by atoms with van der Waals surface area (Å²) in [5.41, 5.74) is 2.06. The lowest BCUT2D eigenvalue weighted by molar-refractivity contribution is -0.127. The molecule has 2 N–H and O–H groups in total. The number of nitrogens with one attached hydrogen (secondary N) is 1. The molecule has 1 amide bonds. The quantitative estimate of drug-likeness (QED) is 0.235. The number of oxime groups is 1. The van der Waals surface area contributed by atoms with Crippen LogP contribution in [0.15, 0.2) is 16.8 Å². The number of carbonyl (C=O) groups is 2. The van der Waals surface area contributed by atoms with Gasteiger partial charge in [0.2, 0.25) is 6.29 Å². The van der Waals surface area contributed by atoms with Gasteiger partial charge < -0.3 is 20.0 Å². The summed E-state index contributed by atoms with van der Waals surface area (Å²) in [4.78, 5) is 30.1. The molecule has 4 aliphatic rings. The first kappa shape index (κ1) is 29.1. The normalized spacial score (nSPS) is 36.9. The molecule has 8 atom stereocenters. The first-order chi connectivity index (χ1) is 17.7. The molecule has 1 unspecified atom stereocenters. The van der Waals surface area contributed by atoms with Crippen LogP contribution in [-0.2, 0) is 14.4 Å². The minimum Gasteiger partial charge on any atom is -0.444 e. The molecule has 0 aromatic carbocycles. The van der Waals surface area contributed by atoms with Crippen LogP contribution in [0.25, 0.3) is 0 Å². The van der Waals surface area contributed by atoms with Gasteiger partial charge in [-0.25, -0.2) is 4.79 Å². The van der Waals surface area contributed by atoms with E-state index in [4.69, 9.17) is 9.57 Å². The molecule has 0 aliphatic heterocycles. The molecule has 0 radical (unpaired) electrons. The second-order valence-corrected chi connectivity index (χ2v) is 14.3. The van der Waals surface area contributed by atoms with E-state index in [-0.39, 0.29) is 16.7 Å². The summed E-state index contributed by atoms with van der Waals surface area (Å²) in [7, 11) is 0. The van der Waals surface area contributed by atoms with Crippen LogP contribution >= 0.6 is 0 Å². The van der Waals surface area contributed by atoms with E-state index in [0.29, 0.717) is 35.9 Å². The fraction of sp³-hybridized carbons (Fsp3) is 0.839. The van der Waals surface area contributed by atoms with Crippen molar-refractivity contribution in [1.29, 1.82) is 0 Å². The van der Waals surface area contributed by atoms with Crippen molar-refractivity contribution in [2.75, 3.05) is 0 Å². The van der Waals surface area contributed by atoms with Crippen LogP contribution in [0.5, 0.6) is 0 Å². The van der Waals surface area contributed by atoms with Crippen molar-refractivity contribution in [3.05, 3.63) is 11.6 Å². The molecule has 4 aliphatic carbocycles. The Morgan fingerprint density at radius 2 is 1.82 bits per heavy atom. The summed E-state index contributed by atoms with van der Waals surface area (Å²) in [5, 5.41) is 18.0. The first-order valence-electron chi connectivity index (χ1n) is 14.8. The first-order valence-corrected chi connectivity index (χ1v) is 14.8. The molecule has 0 spiro atoms. The summed E-state index contributed by atoms with van der Waals surface area (Å²) in [6.07, 6.45) is 8.71. The summed E-state index contributed by atoms with van der Waals surface area (Å²) >= 11 is 0. The van der Waals surface area contributed by atoms with Crippen LogP contribution in [0.4, 0.5) is 4.79 Å². The number of allylic oxidation sites excluding steroid dienone is 1. The molecule has 7 heteroatoms. The van der Waals surface area contributed by atoms with Gasteiger partial charge in [0.25, 0.3) is 0 Å². The molecule has 4 rings (SSSR count). The van der Waals surface area contributed by atoms with E-state index >= 15 is 0 Å². The SMILES string of the molecule is C/C(=N\OC(O)[C@@H](NC(=O)OC(C)(C)C)C(C)C)[C@H]1CC[C@H]2[C@@H]3CCC4=CC(=O)CC[C@]4(C)[C@H]3CC[C@]12C. The summed E-state index contributed by atoms with van der Waals surface area (Å²) in [5.74, 6) is 2.56. The third-order valence-corrected chi connectivity index (χ3v) is 10.5. The topological polar surface area (TPSA) is 97.2 Å². The van der Waals surface area contributed by atoms with Gasteiger partial charge in [0.15, 0.2) is 5.78 Å². The average Bonchev–Trinajstić information content (AvgIpc) is 3.17. The van der Waals surface area contributed by atoms with E-state index in [1.165, 1.54) is 24.8 Å². The van der Waals surface area contributed by atoms with Crippen molar-refractivity contribution < 1.29 is 24.3 Å². The number of fused-ring (bicyclic) bond motifs is 5. The lowest BCUT2D eigenvalue weighted by atomic mass is 9.46. The zero-order chi connectivity index (χ0) is 28.0. The number of amides is 1. The second-order valence-electron chi connectivity index (χ2n) is 14.3. The summed E-state index contributed by atoms with van der Waals surface area (Å²) in [6.45, 7) is 16.1. The molecule has 3 saturated carbocycles. The zero-order valence-electron chi connectivity index (χ0n) is 24.8. The Bertz CT molecular complexity index is 981. The molecule has 0 saturated heterocycles. The van der Waals surface area contributed by atoms with E-state index in [1.54, 1.807) is 20.8 Å². The van der Waals surface area contributed by atoms with Crippen molar-refractivity contribution in [3.8, 4) is 0 Å². The summed E-state index contributed by atoms with van der Waals surface area (Å²) < 4.78 is 5.36. The molecule has 38 heavy (non-hydrogen) atoms. The molecule has 3 fully saturated rings. The van der Waals surface area contributed by atoms with Crippen LogP contribution in [0.2, 0.25) is 0 Å². The Labute approximate surface area is 229 Å². The maximum Gasteiger partial charge on any atom is 0.408 e. The highest BCUT2D eigenvalue weighted by atomic mass is 16.7.